The average Bonchev–Trinajstić information content (AvgIpc) is 1.10. The van der Waals surface area contributed by atoms with Crippen molar-refractivity contribution < 1.29 is 89.4 Å². The van der Waals surface area contributed by atoms with Gasteiger partial charge in [0.1, 0.15) is 73.2 Å². The fourth-order valence-corrected chi connectivity index (χ4v) is 11.0. The second-order valence-electron chi connectivity index (χ2n) is 23.9. The molecule has 1 amide bonds. The lowest BCUT2D eigenvalue weighted by Crippen LogP contribution is -2.66. The third-order valence-corrected chi connectivity index (χ3v) is 16.5. The third kappa shape index (κ3) is 32.4. The first kappa shape index (κ1) is 78.5. The van der Waals surface area contributed by atoms with E-state index in [0.29, 0.717) is 12.8 Å². The van der Waals surface area contributed by atoms with E-state index in [1.165, 1.54) is 116 Å². The number of amides is 1. The van der Waals surface area contributed by atoms with Crippen LogP contribution >= 0.6 is 0 Å². The topological polar surface area (TPSA) is 307 Å². The first-order valence-corrected chi connectivity index (χ1v) is 33.7. The molecule has 3 rings (SSSR count). The maximum atomic E-state index is 13.4. The number of ether oxygens (including phenoxy) is 6. The molecular weight excluding hydrogens is 1120 g/mol. The molecule has 12 N–H and O–H groups in total. The van der Waals surface area contributed by atoms with Crippen molar-refractivity contribution in [3.63, 3.8) is 0 Å². The van der Waals surface area contributed by atoms with Gasteiger partial charge in [-0.05, 0) is 70.6 Å². The Bertz CT molecular complexity index is 1860. The second kappa shape index (κ2) is 49.9. The Morgan fingerprint density at radius 3 is 1.29 bits per heavy atom. The molecule has 0 spiro atoms. The molecule has 19 heteroatoms. The van der Waals surface area contributed by atoms with Crippen molar-refractivity contribution in [3.05, 3.63) is 72.9 Å². The summed E-state index contributed by atoms with van der Waals surface area (Å²) in [4.78, 5) is 13.4. The molecule has 17 unspecified atom stereocenters. The van der Waals surface area contributed by atoms with E-state index in [1.807, 2.05) is 6.08 Å². The summed E-state index contributed by atoms with van der Waals surface area (Å²) < 4.78 is 34.3. The van der Waals surface area contributed by atoms with Gasteiger partial charge in [0.15, 0.2) is 18.9 Å². The molecule has 3 aliphatic heterocycles. The zero-order valence-corrected chi connectivity index (χ0v) is 53.0. The highest BCUT2D eigenvalue weighted by Gasteiger charge is 2.53. The Morgan fingerprint density at radius 2 is 0.805 bits per heavy atom. The SMILES string of the molecule is CC/C=C\C/C=C\C/C=C\C/C=C\CCCCCCCCCCCCCCCCC(=O)NC(COC1OC(CO)C(OC2OC(CO)C(OC3OC(CO)C(O)C(O)C3O)C(O)C2O)C(O)C1O)C(O)/C=C/CC/C=C/CCCCCCCCCCC. The van der Waals surface area contributed by atoms with Crippen molar-refractivity contribution in [3.8, 4) is 0 Å². The number of allylic oxidation sites excluding steroid dienone is 11. The Hall–Kier alpha value is -2.77. The third-order valence-electron chi connectivity index (χ3n) is 16.5. The van der Waals surface area contributed by atoms with Crippen LogP contribution in [0.3, 0.4) is 0 Å². The number of carbonyl (C=O) groups excluding carboxylic acids is 1. The van der Waals surface area contributed by atoms with E-state index in [9.17, 15) is 61.0 Å². The number of nitrogens with one attached hydrogen (secondary N) is 1. The Labute approximate surface area is 521 Å². The molecular formula is C68H119NO18. The summed E-state index contributed by atoms with van der Waals surface area (Å²) in [5.74, 6) is -0.289. The predicted octanol–water partition coefficient (Wildman–Crippen LogP) is 8.16. The van der Waals surface area contributed by atoms with Crippen LogP contribution in [0.2, 0.25) is 0 Å². The van der Waals surface area contributed by atoms with Crippen molar-refractivity contribution in [2.75, 3.05) is 26.4 Å². The normalized spacial score (nSPS) is 29.0. The summed E-state index contributed by atoms with van der Waals surface area (Å²) in [6, 6.07) is -0.993. The van der Waals surface area contributed by atoms with Crippen LogP contribution in [-0.4, -0.2) is 193 Å². The van der Waals surface area contributed by atoms with Crippen molar-refractivity contribution in [1.29, 1.82) is 0 Å². The Morgan fingerprint density at radius 1 is 0.425 bits per heavy atom. The quantitative estimate of drug-likeness (QED) is 0.0202. The number of aliphatic hydroxyl groups is 11. The number of rotatable bonds is 50. The van der Waals surface area contributed by atoms with Crippen LogP contribution in [0.4, 0.5) is 0 Å². The molecule has 0 aromatic rings. The summed E-state index contributed by atoms with van der Waals surface area (Å²) in [6.45, 7) is 1.59. The summed E-state index contributed by atoms with van der Waals surface area (Å²) in [6.07, 6.45) is 34.5. The highest BCUT2D eigenvalue weighted by molar-refractivity contribution is 5.76. The minimum Gasteiger partial charge on any atom is -0.394 e. The average molecular weight is 1240 g/mol. The molecule has 3 saturated heterocycles. The van der Waals surface area contributed by atoms with Gasteiger partial charge in [0.2, 0.25) is 5.91 Å². The summed E-state index contributed by atoms with van der Waals surface area (Å²) in [7, 11) is 0. The van der Waals surface area contributed by atoms with E-state index >= 15 is 0 Å². The van der Waals surface area contributed by atoms with Crippen LogP contribution in [0.1, 0.15) is 219 Å². The molecule has 87 heavy (non-hydrogen) atoms. The zero-order chi connectivity index (χ0) is 63.3. The number of hydrogen-bond donors (Lipinski definition) is 12. The largest absolute Gasteiger partial charge is 0.394 e. The number of carbonyl (C=O) groups is 1. The lowest BCUT2D eigenvalue weighted by atomic mass is 9.96. The van der Waals surface area contributed by atoms with E-state index in [0.717, 1.165) is 70.6 Å². The van der Waals surface area contributed by atoms with Crippen LogP contribution in [0.15, 0.2) is 72.9 Å². The monoisotopic (exact) mass is 1240 g/mol. The van der Waals surface area contributed by atoms with Gasteiger partial charge in [-0.25, -0.2) is 0 Å². The molecule has 3 heterocycles. The van der Waals surface area contributed by atoms with Crippen LogP contribution in [0.25, 0.3) is 0 Å². The van der Waals surface area contributed by atoms with Crippen LogP contribution in [0.5, 0.6) is 0 Å². The summed E-state index contributed by atoms with van der Waals surface area (Å²) in [5.41, 5.74) is 0. The van der Waals surface area contributed by atoms with Gasteiger partial charge in [-0.2, -0.15) is 0 Å². The van der Waals surface area contributed by atoms with Crippen molar-refractivity contribution in [2.24, 2.45) is 0 Å². The minimum absolute atomic E-state index is 0.232. The van der Waals surface area contributed by atoms with Gasteiger partial charge in [-0.15, -0.1) is 0 Å². The Balaban J connectivity index is 1.43. The standard InChI is InChI=1S/C68H119NO18/c1-3-5-7-9-11-13-15-17-19-20-21-22-23-24-25-26-27-28-29-30-32-34-36-38-40-42-44-46-56(74)69-51(52(73)45-43-41-39-37-35-33-31-18-16-14-12-10-8-6-4-2)50-82-66-62(80)59(77)64(54(48-71)84-66)87-68-63(81)60(78)65(55(49-72)85-68)86-67-61(79)58(76)57(75)53(47-70)83-67/h5,7,11,13,17,19,21-22,35,37,43,45,51-55,57-68,70-73,75-81H,3-4,6,8-10,12,14-16,18,20,23-34,36,38-42,44,46-50H2,1-2H3,(H,69,74)/b7-5-,13-11-,19-17-,22-21-,37-35+,45-43+. The lowest BCUT2D eigenvalue weighted by Gasteiger charge is -2.48. The van der Waals surface area contributed by atoms with Gasteiger partial charge in [0.25, 0.3) is 0 Å². The molecule has 17 atom stereocenters. The number of aliphatic hydroxyl groups excluding tert-OH is 11. The molecule has 504 valence electrons. The van der Waals surface area contributed by atoms with E-state index in [4.69, 9.17) is 28.4 Å². The zero-order valence-electron chi connectivity index (χ0n) is 53.0. The molecule has 0 aromatic heterocycles. The van der Waals surface area contributed by atoms with Crippen molar-refractivity contribution in [2.45, 2.75) is 324 Å². The second-order valence-corrected chi connectivity index (χ2v) is 23.9. The minimum atomic E-state index is -1.98. The highest BCUT2D eigenvalue weighted by Crippen LogP contribution is 2.33. The van der Waals surface area contributed by atoms with E-state index in [2.05, 4.69) is 79.9 Å². The first-order valence-electron chi connectivity index (χ1n) is 33.7. The van der Waals surface area contributed by atoms with E-state index in [1.54, 1.807) is 6.08 Å². The first-order chi connectivity index (χ1) is 42.3. The van der Waals surface area contributed by atoms with Gasteiger partial charge in [0, 0.05) is 6.42 Å². The molecule has 0 radical (unpaired) electrons. The van der Waals surface area contributed by atoms with Gasteiger partial charge >= 0.3 is 0 Å². The highest BCUT2D eigenvalue weighted by atomic mass is 16.8. The van der Waals surface area contributed by atoms with E-state index in [-0.39, 0.29) is 18.9 Å². The van der Waals surface area contributed by atoms with Crippen LogP contribution in [-0.2, 0) is 33.2 Å². The summed E-state index contributed by atoms with van der Waals surface area (Å²) in [5, 5.41) is 120. The van der Waals surface area contributed by atoms with E-state index < -0.39 is 124 Å². The predicted molar refractivity (Wildman–Crippen MR) is 337 cm³/mol. The van der Waals surface area contributed by atoms with Gasteiger partial charge in [0.05, 0.1) is 38.6 Å². The molecule has 0 aromatic carbocycles. The maximum Gasteiger partial charge on any atom is 0.220 e. The fourth-order valence-electron chi connectivity index (χ4n) is 11.0. The Kier molecular flexibility index (Phi) is 45.0. The molecule has 0 aliphatic carbocycles. The fraction of sp³-hybridized carbons (Fsp3) is 0.809. The maximum absolute atomic E-state index is 13.4. The van der Waals surface area contributed by atoms with Crippen molar-refractivity contribution in [1.82, 2.24) is 5.32 Å². The van der Waals surface area contributed by atoms with Crippen molar-refractivity contribution >= 4 is 5.91 Å². The number of unbranched alkanes of at least 4 members (excludes halogenated alkanes) is 24. The smallest absolute Gasteiger partial charge is 0.220 e. The van der Waals surface area contributed by atoms with Crippen LogP contribution < -0.4 is 5.32 Å². The van der Waals surface area contributed by atoms with Gasteiger partial charge < -0.3 is 89.9 Å². The van der Waals surface area contributed by atoms with Gasteiger partial charge in [-0.1, -0.05) is 215 Å². The number of hydrogen-bond acceptors (Lipinski definition) is 18. The molecule has 0 saturated carbocycles. The molecule has 3 aliphatic rings. The molecule has 0 bridgehead atoms. The molecule has 3 fully saturated rings. The summed E-state index contributed by atoms with van der Waals surface area (Å²) >= 11 is 0. The lowest BCUT2D eigenvalue weighted by molar-refractivity contribution is -0.379. The van der Waals surface area contributed by atoms with Crippen LogP contribution in [0, 0.1) is 0 Å². The molecule has 19 nitrogen and oxygen atoms in total. The van der Waals surface area contributed by atoms with Gasteiger partial charge in [-0.3, -0.25) is 4.79 Å².